The van der Waals surface area contributed by atoms with Crippen molar-refractivity contribution in [2.24, 2.45) is 0 Å². The molecular weight excluding hydrogens is 331 g/mol. The average Bonchev–Trinajstić information content (AvgIpc) is 2.52. The summed E-state index contributed by atoms with van der Waals surface area (Å²) < 4.78 is 27.2. The number of ether oxygens (including phenoxy) is 1. The molecule has 7 heteroatoms. The third-order valence-corrected chi connectivity index (χ3v) is 5.12. The lowest BCUT2D eigenvalue weighted by molar-refractivity contribution is -0.139. The van der Waals surface area contributed by atoms with E-state index in [1.807, 2.05) is 6.08 Å². The minimum absolute atomic E-state index is 0.163. The molecule has 0 aromatic heterocycles. The summed E-state index contributed by atoms with van der Waals surface area (Å²) >= 11 is 0. The fraction of sp³-hybridized carbons (Fsp3) is 0.765. The highest BCUT2D eigenvalue weighted by atomic mass is 31.2. The molecule has 0 saturated heterocycles. The molecular formula is C17H31O6P. The molecule has 0 bridgehead atoms. The predicted molar refractivity (Wildman–Crippen MR) is 94.2 cm³/mol. The van der Waals surface area contributed by atoms with Crippen LogP contribution >= 0.6 is 7.60 Å². The van der Waals surface area contributed by atoms with Gasteiger partial charge >= 0.3 is 13.6 Å². The highest BCUT2D eigenvalue weighted by Gasteiger charge is 2.28. The van der Waals surface area contributed by atoms with Crippen LogP contribution in [-0.2, 0) is 27.9 Å². The van der Waals surface area contributed by atoms with Crippen molar-refractivity contribution in [2.45, 2.75) is 58.8 Å². The van der Waals surface area contributed by atoms with Gasteiger partial charge in [0.25, 0.3) is 0 Å². The molecule has 0 amide bonds. The Labute approximate surface area is 145 Å². The Hall–Kier alpha value is -0.970. The Balaban J connectivity index is 3.72. The van der Waals surface area contributed by atoms with E-state index >= 15 is 0 Å². The van der Waals surface area contributed by atoms with E-state index < -0.39 is 13.6 Å². The number of esters is 1. The summed E-state index contributed by atoms with van der Waals surface area (Å²) in [5.41, 5.74) is 0. The van der Waals surface area contributed by atoms with Gasteiger partial charge in [0, 0.05) is 6.42 Å². The Bertz CT molecular complexity index is 398. The zero-order valence-corrected chi connectivity index (χ0v) is 15.8. The number of hydrogen-bond acceptors (Lipinski definition) is 6. The molecule has 6 nitrogen and oxygen atoms in total. The van der Waals surface area contributed by atoms with Crippen LogP contribution in [0.3, 0.4) is 0 Å². The monoisotopic (exact) mass is 362 g/mol. The lowest BCUT2D eigenvalue weighted by Crippen LogP contribution is -2.13. The van der Waals surface area contributed by atoms with Gasteiger partial charge in [-0.15, -0.1) is 0 Å². The van der Waals surface area contributed by atoms with Crippen molar-refractivity contribution in [3.05, 3.63) is 12.2 Å². The van der Waals surface area contributed by atoms with Crippen LogP contribution in [0.4, 0.5) is 0 Å². The molecule has 0 atom stereocenters. The molecule has 0 spiro atoms. The van der Waals surface area contributed by atoms with E-state index in [0.29, 0.717) is 6.42 Å². The van der Waals surface area contributed by atoms with Crippen LogP contribution < -0.4 is 0 Å². The third kappa shape index (κ3) is 13.5. The van der Waals surface area contributed by atoms with Gasteiger partial charge in [0.2, 0.25) is 0 Å². The molecule has 0 heterocycles. The zero-order valence-electron chi connectivity index (χ0n) is 14.9. The van der Waals surface area contributed by atoms with Crippen molar-refractivity contribution in [1.82, 2.24) is 0 Å². The van der Waals surface area contributed by atoms with Gasteiger partial charge in [-0.1, -0.05) is 31.4 Å². The van der Waals surface area contributed by atoms with E-state index in [4.69, 9.17) is 13.8 Å². The van der Waals surface area contributed by atoms with E-state index in [9.17, 15) is 14.2 Å². The second-order valence-corrected chi connectivity index (χ2v) is 7.33. The average molecular weight is 362 g/mol. The van der Waals surface area contributed by atoms with Gasteiger partial charge in [-0.2, -0.15) is 0 Å². The van der Waals surface area contributed by atoms with Crippen LogP contribution in [0.25, 0.3) is 0 Å². The third-order valence-electron chi connectivity index (χ3n) is 3.17. The smallest absolute Gasteiger partial charge is 0.341 e. The second kappa shape index (κ2) is 15.6. The van der Waals surface area contributed by atoms with E-state index in [-0.39, 0.29) is 26.0 Å². The summed E-state index contributed by atoms with van der Waals surface area (Å²) in [7, 11) is -3.38. The summed E-state index contributed by atoms with van der Waals surface area (Å²) in [4.78, 5) is 21.8. The lowest BCUT2D eigenvalue weighted by Gasteiger charge is -2.15. The SMILES string of the molecule is CCOP(=O)(CC(=O)OC/C=C/CCCCCCCC=O)OCC. The molecule has 0 N–H and O–H groups in total. The fourth-order valence-electron chi connectivity index (χ4n) is 2.07. The molecule has 0 rings (SSSR count). The Morgan fingerprint density at radius 2 is 1.50 bits per heavy atom. The summed E-state index contributed by atoms with van der Waals surface area (Å²) in [6.45, 7) is 4.00. The van der Waals surface area contributed by atoms with Crippen molar-refractivity contribution >= 4 is 19.9 Å². The molecule has 0 radical (unpaired) electrons. The van der Waals surface area contributed by atoms with Gasteiger partial charge in [0.1, 0.15) is 19.1 Å². The number of aldehydes is 1. The van der Waals surface area contributed by atoms with Gasteiger partial charge in [-0.25, -0.2) is 0 Å². The van der Waals surface area contributed by atoms with Crippen LogP contribution in [0.1, 0.15) is 58.8 Å². The van der Waals surface area contributed by atoms with Gasteiger partial charge in [0.15, 0.2) is 0 Å². The van der Waals surface area contributed by atoms with Crippen LogP contribution in [0, 0.1) is 0 Å². The standard InChI is InChI=1S/C17H31O6P/c1-3-22-24(20,23-4-2)16-17(19)21-15-13-11-9-7-5-6-8-10-12-14-18/h11,13-14H,3-10,12,15-16H2,1-2H3/b13-11+. The van der Waals surface area contributed by atoms with E-state index in [1.165, 1.54) is 0 Å². The zero-order chi connectivity index (χ0) is 18.1. The largest absolute Gasteiger partial charge is 0.461 e. The number of carbonyl (C=O) groups is 2. The van der Waals surface area contributed by atoms with E-state index in [2.05, 4.69) is 0 Å². The topological polar surface area (TPSA) is 78.9 Å². The molecule has 0 aromatic rings. The maximum absolute atomic E-state index is 12.1. The van der Waals surface area contributed by atoms with Gasteiger partial charge in [-0.3, -0.25) is 9.36 Å². The summed E-state index contributed by atoms with van der Waals surface area (Å²) in [6.07, 6.45) is 11.4. The first-order chi connectivity index (χ1) is 11.6. The molecule has 24 heavy (non-hydrogen) atoms. The maximum Gasteiger partial charge on any atom is 0.341 e. The fourth-order valence-corrected chi connectivity index (χ4v) is 3.52. The summed E-state index contributed by atoms with van der Waals surface area (Å²) in [6, 6.07) is 0. The first-order valence-corrected chi connectivity index (χ1v) is 10.4. The number of rotatable bonds is 16. The molecule has 0 aliphatic carbocycles. The van der Waals surface area contributed by atoms with Crippen LogP contribution in [-0.4, -0.2) is 38.2 Å². The molecule has 0 aromatic carbocycles. The van der Waals surface area contributed by atoms with Crippen molar-refractivity contribution in [3.63, 3.8) is 0 Å². The predicted octanol–water partition coefficient (Wildman–Crippen LogP) is 4.28. The van der Waals surface area contributed by atoms with E-state index in [0.717, 1.165) is 44.8 Å². The normalized spacial score (nSPS) is 11.8. The van der Waals surface area contributed by atoms with Crippen LogP contribution in [0.5, 0.6) is 0 Å². The Kier molecular flexibility index (Phi) is 14.9. The van der Waals surface area contributed by atoms with Crippen molar-refractivity contribution in [2.75, 3.05) is 26.0 Å². The highest BCUT2D eigenvalue weighted by Crippen LogP contribution is 2.47. The van der Waals surface area contributed by atoms with Crippen molar-refractivity contribution < 1.29 is 27.9 Å². The van der Waals surface area contributed by atoms with Gasteiger partial charge in [0.05, 0.1) is 13.2 Å². The van der Waals surface area contributed by atoms with E-state index in [1.54, 1.807) is 19.9 Å². The molecule has 0 fully saturated rings. The summed E-state index contributed by atoms with van der Waals surface area (Å²) in [5.74, 6) is -0.583. The highest BCUT2D eigenvalue weighted by molar-refractivity contribution is 7.54. The quantitative estimate of drug-likeness (QED) is 0.134. The van der Waals surface area contributed by atoms with Crippen molar-refractivity contribution in [1.29, 1.82) is 0 Å². The molecule has 0 aliphatic heterocycles. The molecule has 0 saturated carbocycles. The first kappa shape index (κ1) is 23.0. The van der Waals surface area contributed by atoms with Crippen molar-refractivity contribution in [3.8, 4) is 0 Å². The number of hydrogen-bond donors (Lipinski definition) is 0. The molecule has 140 valence electrons. The maximum atomic E-state index is 12.1. The number of unbranched alkanes of at least 4 members (excludes halogenated alkanes) is 6. The molecule has 0 aliphatic rings. The molecule has 0 unspecified atom stereocenters. The lowest BCUT2D eigenvalue weighted by atomic mass is 10.1. The Morgan fingerprint density at radius 3 is 2.08 bits per heavy atom. The number of carbonyl (C=O) groups excluding carboxylic acids is 2. The minimum atomic E-state index is -3.38. The van der Waals surface area contributed by atoms with Crippen LogP contribution in [0.15, 0.2) is 12.2 Å². The van der Waals surface area contributed by atoms with Gasteiger partial charge in [-0.05, 0) is 33.1 Å². The number of allylic oxidation sites excluding steroid dienone is 1. The Morgan fingerprint density at radius 1 is 0.917 bits per heavy atom. The second-order valence-electron chi connectivity index (χ2n) is 5.27. The van der Waals surface area contributed by atoms with Crippen LogP contribution in [0.2, 0.25) is 0 Å². The van der Waals surface area contributed by atoms with Gasteiger partial charge < -0.3 is 18.6 Å². The summed E-state index contributed by atoms with van der Waals surface area (Å²) in [5, 5.41) is 0. The minimum Gasteiger partial charge on any atom is -0.461 e. The first-order valence-electron chi connectivity index (χ1n) is 8.70.